The molecule has 0 amide bonds. The first-order chi connectivity index (χ1) is 5.93. The Morgan fingerprint density at radius 1 is 1.42 bits per heavy atom. The fraction of sp³-hybridized carbons (Fsp3) is 0.750. The van der Waals surface area contributed by atoms with Crippen molar-refractivity contribution < 1.29 is 0 Å². The lowest BCUT2D eigenvalue weighted by Crippen LogP contribution is -1.80. The zero-order chi connectivity index (χ0) is 8.65. The number of unbranched alkanes of at least 4 members (excludes halogenated alkanes) is 3. The smallest absolute Gasteiger partial charge is 0.146 e. The van der Waals surface area contributed by atoms with Crippen LogP contribution in [-0.4, -0.2) is 16.0 Å². The fourth-order valence-electron chi connectivity index (χ4n) is 0.914. The van der Waals surface area contributed by atoms with Crippen molar-refractivity contribution in [2.75, 3.05) is 5.75 Å². The average Bonchev–Trinajstić information content (AvgIpc) is 2.57. The molecule has 2 nitrogen and oxygen atoms in total. The van der Waals surface area contributed by atoms with Gasteiger partial charge >= 0.3 is 0 Å². The first-order valence-electron chi connectivity index (χ1n) is 4.32. The molecule has 0 aliphatic heterocycles. The van der Waals surface area contributed by atoms with E-state index >= 15 is 0 Å². The SMILES string of the molecule is CCCCCCSc1nncs1. The predicted octanol–water partition coefficient (Wildman–Crippen LogP) is 3.21. The molecule has 0 aliphatic rings. The van der Waals surface area contributed by atoms with E-state index in [0.29, 0.717) is 0 Å². The van der Waals surface area contributed by atoms with Crippen LogP contribution in [0.1, 0.15) is 32.6 Å². The molecule has 0 N–H and O–H groups in total. The van der Waals surface area contributed by atoms with E-state index < -0.39 is 0 Å². The van der Waals surface area contributed by atoms with Crippen LogP contribution in [0.4, 0.5) is 0 Å². The number of hydrogen-bond acceptors (Lipinski definition) is 4. The summed E-state index contributed by atoms with van der Waals surface area (Å²) in [5, 5.41) is 7.75. The number of rotatable bonds is 6. The molecule has 1 rings (SSSR count). The second-order valence-electron chi connectivity index (χ2n) is 2.61. The molecule has 1 heterocycles. The van der Waals surface area contributed by atoms with Gasteiger partial charge in [0.2, 0.25) is 0 Å². The van der Waals surface area contributed by atoms with Crippen molar-refractivity contribution >= 4 is 23.1 Å². The predicted molar refractivity (Wildman–Crippen MR) is 54.8 cm³/mol. The third-order valence-electron chi connectivity index (χ3n) is 1.56. The Labute approximate surface area is 81.8 Å². The third-order valence-corrected chi connectivity index (χ3v) is 3.51. The van der Waals surface area contributed by atoms with E-state index in [1.807, 2.05) is 11.8 Å². The topological polar surface area (TPSA) is 25.8 Å². The first kappa shape index (κ1) is 9.99. The van der Waals surface area contributed by atoms with E-state index in [4.69, 9.17) is 0 Å². The van der Waals surface area contributed by atoms with Gasteiger partial charge in [-0.3, -0.25) is 0 Å². The van der Waals surface area contributed by atoms with Gasteiger partial charge in [0.25, 0.3) is 0 Å². The quantitative estimate of drug-likeness (QED) is 0.523. The van der Waals surface area contributed by atoms with E-state index in [0.717, 1.165) is 4.34 Å². The maximum Gasteiger partial charge on any atom is 0.174 e. The molecule has 68 valence electrons. The Balaban J connectivity index is 1.96. The Hall–Kier alpha value is -0.0900. The lowest BCUT2D eigenvalue weighted by molar-refractivity contribution is 0.706. The van der Waals surface area contributed by atoms with E-state index in [2.05, 4.69) is 17.1 Å². The second-order valence-corrected chi connectivity index (χ2v) is 4.79. The van der Waals surface area contributed by atoms with Crippen molar-refractivity contribution in [2.45, 2.75) is 36.9 Å². The van der Waals surface area contributed by atoms with Gasteiger partial charge in [0.15, 0.2) is 4.34 Å². The highest BCUT2D eigenvalue weighted by Gasteiger charge is 1.96. The summed E-state index contributed by atoms with van der Waals surface area (Å²) >= 11 is 3.45. The van der Waals surface area contributed by atoms with Crippen molar-refractivity contribution in [1.29, 1.82) is 0 Å². The minimum absolute atomic E-state index is 1.10. The standard InChI is InChI=1S/C8H14N2S2/c1-2-3-4-5-6-11-8-10-9-7-12-8/h7H,2-6H2,1H3. The van der Waals surface area contributed by atoms with Gasteiger partial charge in [0, 0.05) is 5.75 Å². The van der Waals surface area contributed by atoms with Gasteiger partial charge in [-0.1, -0.05) is 49.3 Å². The van der Waals surface area contributed by atoms with Crippen molar-refractivity contribution in [1.82, 2.24) is 10.2 Å². The van der Waals surface area contributed by atoms with Crippen LogP contribution in [0.2, 0.25) is 0 Å². The molecule has 1 aromatic heterocycles. The summed E-state index contributed by atoms with van der Waals surface area (Å²) in [4.78, 5) is 0. The van der Waals surface area contributed by atoms with Crippen LogP contribution < -0.4 is 0 Å². The molecule has 0 spiro atoms. The lowest BCUT2D eigenvalue weighted by Gasteiger charge is -1.96. The van der Waals surface area contributed by atoms with Gasteiger partial charge in [-0.25, -0.2) is 0 Å². The highest BCUT2D eigenvalue weighted by molar-refractivity contribution is 8.00. The second kappa shape index (κ2) is 6.43. The third kappa shape index (κ3) is 4.07. The molecule has 0 aromatic carbocycles. The summed E-state index contributed by atoms with van der Waals surface area (Å²) in [6.07, 6.45) is 5.32. The molecule has 0 aliphatic carbocycles. The van der Waals surface area contributed by atoms with Crippen molar-refractivity contribution in [3.63, 3.8) is 0 Å². The van der Waals surface area contributed by atoms with Crippen LogP contribution in [0.3, 0.4) is 0 Å². The molecular weight excluding hydrogens is 188 g/mol. The van der Waals surface area contributed by atoms with Crippen LogP contribution >= 0.6 is 23.1 Å². The number of thioether (sulfide) groups is 1. The summed E-state index contributed by atoms with van der Waals surface area (Å²) in [6.45, 7) is 2.23. The zero-order valence-corrected chi connectivity index (χ0v) is 8.96. The average molecular weight is 202 g/mol. The monoisotopic (exact) mass is 202 g/mol. The van der Waals surface area contributed by atoms with Crippen LogP contribution in [0.5, 0.6) is 0 Å². The number of hydrogen-bond donors (Lipinski definition) is 0. The van der Waals surface area contributed by atoms with E-state index in [1.54, 1.807) is 16.8 Å². The Morgan fingerprint density at radius 3 is 3.00 bits per heavy atom. The van der Waals surface area contributed by atoms with Crippen LogP contribution in [-0.2, 0) is 0 Å². The summed E-state index contributed by atoms with van der Waals surface area (Å²) in [6, 6.07) is 0. The highest BCUT2D eigenvalue weighted by Crippen LogP contribution is 2.20. The summed E-state index contributed by atoms with van der Waals surface area (Å²) < 4.78 is 1.10. The van der Waals surface area contributed by atoms with E-state index in [1.165, 1.54) is 31.4 Å². The maximum atomic E-state index is 3.97. The fourth-order valence-corrected chi connectivity index (χ4v) is 2.47. The summed E-state index contributed by atoms with van der Waals surface area (Å²) in [5.41, 5.74) is 1.79. The lowest BCUT2D eigenvalue weighted by atomic mass is 10.2. The number of nitrogens with zero attached hydrogens (tertiary/aromatic N) is 2. The Kier molecular flexibility index (Phi) is 5.35. The van der Waals surface area contributed by atoms with Crippen molar-refractivity contribution in [3.8, 4) is 0 Å². The van der Waals surface area contributed by atoms with Crippen molar-refractivity contribution in [3.05, 3.63) is 5.51 Å². The summed E-state index contributed by atoms with van der Waals surface area (Å²) in [5.74, 6) is 1.19. The largest absolute Gasteiger partial charge is 0.174 e. The Morgan fingerprint density at radius 2 is 2.33 bits per heavy atom. The Bertz CT molecular complexity index is 187. The molecule has 0 unspecified atom stereocenters. The van der Waals surface area contributed by atoms with Gasteiger partial charge in [0.1, 0.15) is 5.51 Å². The van der Waals surface area contributed by atoms with Crippen LogP contribution in [0.25, 0.3) is 0 Å². The molecule has 0 fully saturated rings. The molecule has 0 saturated carbocycles. The van der Waals surface area contributed by atoms with Gasteiger partial charge in [-0.15, -0.1) is 10.2 Å². The molecule has 0 saturated heterocycles. The molecular formula is C8H14N2S2. The van der Waals surface area contributed by atoms with E-state index in [9.17, 15) is 0 Å². The van der Waals surface area contributed by atoms with Gasteiger partial charge in [-0.05, 0) is 6.42 Å². The molecule has 1 aromatic rings. The van der Waals surface area contributed by atoms with Gasteiger partial charge < -0.3 is 0 Å². The van der Waals surface area contributed by atoms with E-state index in [-0.39, 0.29) is 0 Å². The van der Waals surface area contributed by atoms with Crippen LogP contribution in [0, 0.1) is 0 Å². The minimum atomic E-state index is 1.10. The molecule has 0 atom stereocenters. The number of aromatic nitrogens is 2. The van der Waals surface area contributed by atoms with Gasteiger partial charge in [0.05, 0.1) is 0 Å². The molecule has 0 bridgehead atoms. The zero-order valence-electron chi connectivity index (χ0n) is 7.32. The summed E-state index contributed by atoms with van der Waals surface area (Å²) in [7, 11) is 0. The van der Waals surface area contributed by atoms with Crippen molar-refractivity contribution in [2.24, 2.45) is 0 Å². The molecule has 12 heavy (non-hydrogen) atoms. The van der Waals surface area contributed by atoms with Gasteiger partial charge in [-0.2, -0.15) is 0 Å². The maximum absolute atomic E-state index is 3.97. The van der Waals surface area contributed by atoms with Crippen LogP contribution in [0.15, 0.2) is 9.85 Å². The normalized spacial score (nSPS) is 10.4. The highest BCUT2D eigenvalue weighted by atomic mass is 32.2. The molecule has 4 heteroatoms. The first-order valence-corrected chi connectivity index (χ1v) is 6.19. The minimum Gasteiger partial charge on any atom is -0.146 e. The molecule has 0 radical (unpaired) electrons.